The molecular weight excluding hydrogens is 406 g/mol. The highest BCUT2D eigenvalue weighted by Gasteiger charge is 2.73. The minimum atomic E-state index is -1.05. The zero-order valence-electron chi connectivity index (χ0n) is 19.6. The largest absolute Gasteiger partial charge is 0.359 e. The maximum absolute atomic E-state index is 13.9. The molecule has 2 aliphatic carbocycles. The van der Waals surface area contributed by atoms with Crippen molar-refractivity contribution >= 4 is 17.7 Å². The van der Waals surface area contributed by atoms with E-state index in [2.05, 4.69) is 10.6 Å². The first-order valence-corrected chi connectivity index (χ1v) is 12.5. The first kappa shape index (κ1) is 21.9. The Labute approximate surface area is 190 Å². The van der Waals surface area contributed by atoms with Crippen LogP contribution in [0, 0.1) is 11.8 Å². The van der Waals surface area contributed by atoms with Crippen molar-refractivity contribution in [2.75, 3.05) is 0 Å². The predicted molar refractivity (Wildman–Crippen MR) is 120 cm³/mol. The van der Waals surface area contributed by atoms with Crippen molar-refractivity contribution < 1.29 is 19.1 Å². The highest BCUT2D eigenvalue weighted by molar-refractivity contribution is 6.00. The number of nitrogens with one attached hydrogen (secondary N) is 2. The fraction of sp³-hybridized carbons (Fsp3) is 0.800. The molecule has 176 valence electrons. The van der Waals surface area contributed by atoms with E-state index < -0.39 is 35.1 Å². The Morgan fingerprint density at radius 2 is 1.69 bits per heavy atom. The maximum atomic E-state index is 13.9. The van der Waals surface area contributed by atoms with Crippen molar-refractivity contribution in [1.29, 1.82) is 0 Å². The van der Waals surface area contributed by atoms with Gasteiger partial charge in [-0.1, -0.05) is 44.3 Å². The lowest BCUT2D eigenvalue weighted by molar-refractivity contribution is -0.144. The van der Waals surface area contributed by atoms with Gasteiger partial charge in [-0.05, 0) is 46.5 Å². The van der Waals surface area contributed by atoms with Gasteiger partial charge in [0.25, 0.3) is 0 Å². The Hall–Kier alpha value is -1.89. The molecule has 3 amide bonds. The van der Waals surface area contributed by atoms with Crippen LogP contribution >= 0.6 is 0 Å². The fourth-order valence-corrected chi connectivity index (χ4v) is 6.76. The number of rotatable bonds is 4. The van der Waals surface area contributed by atoms with Crippen LogP contribution in [0.5, 0.6) is 0 Å². The van der Waals surface area contributed by atoms with E-state index in [1.165, 1.54) is 6.42 Å². The molecule has 0 aromatic rings. The van der Waals surface area contributed by atoms with E-state index >= 15 is 0 Å². The van der Waals surface area contributed by atoms with Gasteiger partial charge in [0, 0.05) is 17.6 Å². The number of fused-ring (bicyclic) bond motifs is 1. The van der Waals surface area contributed by atoms with Gasteiger partial charge < -0.3 is 20.3 Å². The van der Waals surface area contributed by atoms with Crippen molar-refractivity contribution in [3.05, 3.63) is 12.2 Å². The van der Waals surface area contributed by atoms with E-state index in [0.29, 0.717) is 0 Å². The Morgan fingerprint density at radius 3 is 2.34 bits per heavy atom. The molecule has 7 heteroatoms. The normalized spacial score (nSPS) is 37.2. The molecular formula is C25H37N3O4. The molecule has 5 atom stereocenters. The number of amides is 3. The van der Waals surface area contributed by atoms with E-state index in [1.54, 1.807) is 4.90 Å². The van der Waals surface area contributed by atoms with Gasteiger partial charge in [0.15, 0.2) is 0 Å². The molecule has 5 aliphatic rings. The fourth-order valence-electron chi connectivity index (χ4n) is 6.76. The molecule has 2 saturated carbocycles. The zero-order chi connectivity index (χ0) is 22.7. The topological polar surface area (TPSA) is 87.7 Å². The number of carbonyl (C=O) groups is 3. The molecule has 0 unspecified atom stereocenters. The third-order valence-corrected chi connectivity index (χ3v) is 8.03. The Kier molecular flexibility index (Phi) is 5.38. The van der Waals surface area contributed by atoms with Crippen molar-refractivity contribution in [2.24, 2.45) is 11.8 Å². The second kappa shape index (κ2) is 7.86. The van der Waals surface area contributed by atoms with Gasteiger partial charge in [0.2, 0.25) is 17.7 Å². The standard InChI is InChI=1S/C25H37N3O4/c1-24(2,3)27-22(30)20-25-14-13-17(32-25)18(21(29)26-15-9-5-4-6-10-15)19(25)23(31)28(20)16-11-7-8-12-16/h13-20H,4-12H2,1-3H3,(H,26,29)(H,27,30)/t17-,18+,19-,20+,25+/m1/s1. The highest BCUT2D eigenvalue weighted by Crippen LogP contribution is 2.56. The van der Waals surface area contributed by atoms with Gasteiger partial charge in [-0.25, -0.2) is 0 Å². The van der Waals surface area contributed by atoms with Gasteiger partial charge in [0.1, 0.15) is 11.6 Å². The van der Waals surface area contributed by atoms with Gasteiger partial charge >= 0.3 is 0 Å². The molecule has 3 heterocycles. The van der Waals surface area contributed by atoms with Crippen LogP contribution in [0.1, 0.15) is 78.6 Å². The molecule has 4 fully saturated rings. The SMILES string of the molecule is CC(C)(C)NC(=O)[C@@H]1N(C2CCCC2)C(=O)[C@H]2[C@@H](C(=O)NC3CCCCC3)[C@H]3C=C[C@@]12O3. The molecule has 2 saturated heterocycles. The number of carbonyl (C=O) groups excluding carboxylic acids is 3. The van der Waals surface area contributed by atoms with Crippen LogP contribution in [-0.2, 0) is 19.1 Å². The minimum Gasteiger partial charge on any atom is -0.359 e. The third-order valence-electron chi connectivity index (χ3n) is 8.03. The predicted octanol–water partition coefficient (Wildman–Crippen LogP) is 2.44. The summed E-state index contributed by atoms with van der Waals surface area (Å²) in [4.78, 5) is 42.7. The number of hydrogen-bond donors (Lipinski definition) is 2. The molecule has 0 aromatic carbocycles. The molecule has 5 rings (SSSR count). The van der Waals surface area contributed by atoms with Gasteiger partial charge in [-0.2, -0.15) is 0 Å². The zero-order valence-corrected chi connectivity index (χ0v) is 19.6. The summed E-state index contributed by atoms with van der Waals surface area (Å²) >= 11 is 0. The summed E-state index contributed by atoms with van der Waals surface area (Å²) in [5.41, 5.74) is -1.47. The lowest BCUT2D eigenvalue weighted by Gasteiger charge is -2.37. The van der Waals surface area contributed by atoms with Crippen molar-refractivity contribution in [2.45, 2.75) is 114 Å². The molecule has 0 radical (unpaired) electrons. The van der Waals surface area contributed by atoms with Crippen molar-refractivity contribution in [3.63, 3.8) is 0 Å². The lowest BCUT2D eigenvalue weighted by Crippen LogP contribution is -2.59. The number of ether oxygens (including phenoxy) is 1. The summed E-state index contributed by atoms with van der Waals surface area (Å²) in [6.07, 6.45) is 12.8. The third kappa shape index (κ3) is 3.47. The van der Waals surface area contributed by atoms with Gasteiger partial charge in [-0.3, -0.25) is 14.4 Å². The monoisotopic (exact) mass is 443 g/mol. The second-order valence-electron chi connectivity index (χ2n) is 11.5. The Balaban J connectivity index is 1.46. The summed E-state index contributed by atoms with van der Waals surface area (Å²) in [7, 11) is 0. The molecule has 1 spiro atoms. The van der Waals surface area contributed by atoms with E-state index in [-0.39, 0.29) is 29.8 Å². The van der Waals surface area contributed by atoms with Crippen LogP contribution in [0.4, 0.5) is 0 Å². The molecule has 3 aliphatic heterocycles. The number of hydrogen-bond acceptors (Lipinski definition) is 4. The first-order chi connectivity index (χ1) is 15.2. The van der Waals surface area contributed by atoms with Crippen LogP contribution in [0.2, 0.25) is 0 Å². The van der Waals surface area contributed by atoms with Gasteiger partial charge in [0.05, 0.1) is 17.9 Å². The average molecular weight is 444 g/mol. The number of nitrogens with zero attached hydrogens (tertiary/aromatic N) is 1. The molecule has 7 nitrogen and oxygen atoms in total. The Bertz CT molecular complexity index is 822. The summed E-state index contributed by atoms with van der Waals surface area (Å²) in [5.74, 6) is -1.54. The molecule has 0 aromatic heterocycles. The molecule has 2 bridgehead atoms. The van der Waals surface area contributed by atoms with Crippen LogP contribution in [-0.4, -0.2) is 58.0 Å². The quantitative estimate of drug-likeness (QED) is 0.654. The summed E-state index contributed by atoms with van der Waals surface area (Å²) in [6.45, 7) is 5.83. The summed E-state index contributed by atoms with van der Waals surface area (Å²) < 4.78 is 6.42. The molecule has 2 N–H and O–H groups in total. The van der Waals surface area contributed by atoms with E-state index in [4.69, 9.17) is 4.74 Å². The van der Waals surface area contributed by atoms with Gasteiger partial charge in [-0.15, -0.1) is 0 Å². The van der Waals surface area contributed by atoms with E-state index in [9.17, 15) is 14.4 Å². The van der Waals surface area contributed by atoms with Crippen LogP contribution in [0.25, 0.3) is 0 Å². The average Bonchev–Trinajstić information content (AvgIpc) is 3.48. The maximum Gasteiger partial charge on any atom is 0.246 e. The summed E-state index contributed by atoms with van der Waals surface area (Å²) in [5, 5.41) is 6.31. The van der Waals surface area contributed by atoms with Crippen molar-refractivity contribution in [1.82, 2.24) is 15.5 Å². The minimum absolute atomic E-state index is 0.0382. The van der Waals surface area contributed by atoms with Crippen molar-refractivity contribution in [3.8, 4) is 0 Å². The van der Waals surface area contributed by atoms with E-state index in [0.717, 1.165) is 51.4 Å². The van der Waals surface area contributed by atoms with Crippen LogP contribution < -0.4 is 10.6 Å². The smallest absolute Gasteiger partial charge is 0.246 e. The Morgan fingerprint density at radius 1 is 1.03 bits per heavy atom. The first-order valence-electron chi connectivity index (χ1n) is 12.5. The van der Waals surface area contributed by atoms with Crippen LogP contribution in [0.15, 0.2) is 12.2 Å². The van der Waals surface area contributed by atoms with E-state index in [1.807, 2.05) is 32.9 Å². The lowest BCUT2D eigenvalue weighted by atomic mass is 9.74. The van der Waals surface area contributed by atoms with Crippen LogP contribution in [0.3, 0.4) is 0 Å². The highest BCUT2D eigenvalue weighted by atomic mass is 16.5. The number of likely N-dealkylation sites (tertiary alicyclic amines) is 1. The second-order valence-corrected chi connectivity index (χ2v) is 11.5. The molecule has 32 heavy (non-hydrogen) atoms. The summed E-state index contributed by atoms with van der Waals surface area (Å²) in [6, 6.07) is -0.509.